The predicted molar refractivity (Wildman–Crippen MR) is 77.5 cm³/mol. The normalized spacial score (nSPS) is 10.9. The van der Waals surface area contributed by atoms with E-state index < -0.39 is 0 Å². The minimum Gasteiger partial charge on any atom is -0.255 e. The summed E-state index contributed by atoms with van der Waals surface area (Å²) in [6.45, 7) is 1.88. The Labute approximate surface area is 120 Å². The monoisotopic (exact) mass is 289 g/mol. The second-order valence-corrected chi connectivity index (χ2v) is 4.94. The minimum atomic E-state index is 0.418. The fourth-order valence-electron chi connectivity index (χ4n) is 1.97. The lowest BCUT2D eigenvalue weighted by Gasteiger charge is -2.07. The first-order chi connectivity index (χ1) is 9.15. The molecule has 0 bridgehead atoms. The molecule has 2 heterocycles. The topological polar surface area (TPSA) is 38.7 Å². The predicted octanol–water partition coefficient (Wildman–Crippen LogP) is 4.31. The van der Waals surface area contributed by atoms with Crippen molar-refractivity contribution in [2.24, 2.45) is 0 Å². The summed E-state index contributed by atoms with van der Waals surface area (Å²) in [5.41, 5.74) is 2.41. The van der Waals surface area contributed by atoms with E-state index in [9.17, 15) is 0 Å². The molecule has 0 aliphatic carbocycles. The van der Waals surface area contributed by atoms with Gasteiger partial charge in [-0.1, -0.05) is 23.2 Å². The molecule has 5 heteroatoms. The zero-order valence-corrected chi connectivity index (χ0v) is 11.6. The molecule has 94 valence electrons. The molecule has 0 unspecified atom stereocenters. The lowest BCUT2D eigenvalue weighted by atomic mass is 10.1. The highest BCUT2D eigenvalue weighted by Gasteiger charge is 2.11. The van der Waals surface area contributed by atoms with Crippen molar-refractivity contribution in [3.63, 3.8) is 0 Å². The SMILES string of the molecule is Cc1cc(Cl)nc(-c2ccc(Cl)c3cccnc23)n1. The maximum Gasteiger partial charge on any atom is 0.163 e. The van der Waals surface area contributed by atoms with Gasteiger partial charge in [0.05, 0.1) is 10.5 Å². The first-order valence-electron chi connectivity index (χ1n) is 5.70. The quantitative estimate of drug-likeness (QED) is 0.627. The Morgan fingerprint density at radius 1 is 1.05 bits per heavy atom. The summed E-state index contributed by atoms with van der Waals surface area (Å²) in [6, 6.07) is 9.17. The summed E-state index contributed by atoms with van der Waals surface area (Å²) in [5, 5.41) is 1.95. The van der Waals surface area contributed by atoms with Crippen LogP contribution in [-0.2, 0) is 0 Å². The highest BCUT2D eigenvalue weighted by molar-refractivity contribution is 6.35. The van der Waals surface area contributed by atoms with E-state index in [1.54, 1.807) is 12.3 Å². The number of aryl methyl sites for hydroxylation is 1. The van der Waals surface area contributed by atoms with Gasteiger partial charge in [0.2, 0.25) is 0 Å². The van der Waals surface area contributed by atoms with Gasteiger partial charge in [0.25, 0.3) is 0 Å². The van der Waals surface area contributed by atoms with Crippen LogP contribution in [0.25, 0.3) is 22.3 Å². The molecule has 3 aromatic rings. The van der Waals surface area contributed by atoms with Crippen molar-refractivity contribution in [2.45, 2.75) is 6.92 Å². The summed E-state index contributed by atoms with van der Waals surface area (Å²) in [4.78, 5) is 13.0. The molecule has 19 heavy (non-hydrogen) atoms. The summed E-state index contributed by atoms with van der Waals surface area (Å²) >= 11 is 12.2. The molecule has 0 spiro atoms. The van der Waals surface area contributed by atoms with Crippen LogP contribution in [0.15, 0.2) is 36.5 Å². The minimum absolute atomic E-state index is 0.418. The third kappa shape index (κ3) is 2.27. The summed E-state index contributed by atoms with van der Waals surface area (Å²) in [6.07, 6.45) is 1.72. The fourth-order valence-corrected chi connectivity index (χ4v) is 2.42. The van der Waals surface area contributed by atoms with Crippen molar-refractivity contribution < 1.29 is 0 Å². The number of hydrogen-bond donors (Lipinski definition) is 0. The Morgan fingerprint density at radius 2 is 1.89 bits per heavy atom. The van der Waals surface area contributed by atoms with Crippen LogP contribution in [-0.4, -0.2) is 15.0 Å². The van der Waals surface area contributed by atoms with Gasteiger partial charge in [-0.25, -0.2) is 9.97 Å². The van der Waals surface area contributed by atoms with E-state index in [1.165, 1.54) is 0 Å². The molecule has 0 radical (unpaired) electrons. The second kappa shape index (κ2) is 4.76. The average Bonchev–Trinajstić information content (AvgIpc) is 2.38. The first-order valence-corrected chi connectivity index (χ1v) is 6.45. The Hall–Kier alpha value is -1.71. The number of halogens is 2. The standard InChI is InChI=1S/C14H9Cl2N3/c1-8-7-12(16)19-14(18-8)10-4-5-11(15)9-3-2-6-17-13(9)10/h2-7H,1H3. The second-order valence-electron chi connectivity index (χ2n) is 4.15. The van der Waals surface area contributed by atoms with Crippen molar-refractivity contribution in [1.82, 2.24) is 15.0 Å². The Balaban J connectivity index is 2.34. The Bertz CT molecular complexity index is 751. The van der Waals surface area contributed by atoms with E-state index in [-0.39, 0.29) is 0 Å². The van der Waals surface area contributed by atoms with E-state index >= 15 is 0 Å². The maximum absolute atomic E-state index is 6.17. The lowest BCUT2D eigenvalue weighted by Crippen LogP contribution is -1.94. The third-order valence-electron chi connectivity index (χ3n) is 2.78. The number of nitrogens with zero attached hydrogens (tertiary/aromatic N) is 3. The van der Waals surface area contributed by atoms with E-state index in [4.69, 9.17) is 23.2 Å². The van der Waals surface area contributed by atoms with Gasteiger partial charge in [-0.2, -0.15) is 0 Å². The molecule has 1 aromatic carbocycles. The molecule has 3 nitrogen and oxygen atoms in total. The van der Waals surface area contributed by atoms with Crippen LogP contribution in [0, 0.1) is 6.92 Å². The van der Waals surface area contributed by atoms with Gasteiger partial charge in [-0.05, 0) is 37.3 Å². The maximum atomic E-state index is 6.17. The van der Waals surface area contributed by atoms with Gasteiger partial charge in [-0.3, -0.25) is 4.98 Å². The van der Waals surface area contributed by atoms with Crippen molar-refractivity contribution in [1.29, 1.82) is 0 Å². The molecule has 0 atom stereocenters. The van der Waals surface area contributed by atoms with Crippen LogP contribution in [0.4, 0.5) is 0 Å². The van der Waals surface area contributed by atoms with Crippen molar-refractivity contribution in [3.05, 3.63) is 52.4 Å². The molecule has 0 saturated carbocycles. The van der Waals surface area contributed by atoms with Crippen LogP contribution >= 0.6 is 23.2 Å². The van der Waals surface area contributed by atoms with Crippen molar-refractivity contribution >= 4 is 34.1 Å². The van der Waals surface area contributed by atoms with Gasteiger partial charge >= 0.3 is 0 Å². The average molecular weight is 290 g/mol. The van der Waals surface area contributed by atoms with Crippen LogP contribution in [0.5, 0.6) is 0 Å². The largest absolute Gasteiger partial charge is 0.255 e. The number of hydrogen-bond acceptors (Lipinski definition) is 3. The molecule has 0 aliphatic rings. The third-order valence-corrected chi connectivity index (χ3v) is 3.30. The van der Waals surface area contributed by atoms with Gasteiger partial charge < -0.3 is 0 Å². The molecule has 0 amide bonds. The Morgan fingerprint density at radius 3 is 2.68 bits per heavy atom. The van der Waals surface area contributed by atoms with Crippen LogP contribution in [0.2, 0.25) is 10.2 Å². The van der Waals surface area contributed by atoms with E-state index in [0.29, 0.717) is 16.0 Å². The van der Waals surface area contributed by atoms with Gasteiger partial charge in [0.15, 0.2) is 5.82 Å². The molecule has 0 aliphatic heterocycles. The first kappa shape index (κ1) is 12.3. The molecular formula is C14H9Cl2N3. The van der Waals surface area contributed by atoms with E-state index in [0.717, 1.165) is 22.2 Å². The molecule has 3 rings (SSSR count). The van der Waals surface area contributed by atoms with E-state index in [1.807, 2.05) is 31.2 Å². The number of rotatable bonds is 1. The Kier molecular flexibility index (Phi) is 3.09. The summed E-state index contributed by atoms with van der Waals surface area (Å²) < 4.78 is 0. The van der Waals surface area contributed by atoms with Gasteiger partial charge in [0.1, 0.15) is 5.15 Å². The summed E-state index contributed by atoms with van der Waals surface area (Å²) in [5.74, 6) is 0.561. The number of pyridine rings is 1. The van der Waals surface area contributed by atoms with Gasteiger partial charge in [0, 0.05) is 22.8 Å². The lowest BCUT2D eigenvalue weighted by molar-refractivity contribution is 1.11. The van der Waals surface area contributed by atoms with E-state index in [2.05, 4.69) is 15.0 Å². The van der Waals surface area contributed by atoms with Gasteiger partial charge in [-0.15, -0.1) is 0 Å². The fraction of sp³-hybridized carbons (Fsp3) is 0.0714. The molecule has 0 fully saturated rings. The van der Waals surface area contributed by atoms with Crippen molar-refractivity contribution in [3.8, 4) is 11.4 Å². The number of fused-ring (bicyclic) bond motifs is 1. The zero-order chi connectivity index (χ0) is 13.4. The van der Waals surface area contributed by atoms with Crippen LogP contribution < -0.4 is 0 Å². The van der Waals surface area contributed by atoms with Crippen molar-refractivity contribution in [2.75, 3.05) is 0 Å². The number of aromatic nitrogens is 3. The van der Waals surface area contributed by atoms with Crippen LogP contribution in [0.3, 0.4) is 0 Å². The molecule has 0 saturated heterocycles. The highest BCUT2D eigenvalue weighted by atomic mass is 35.5. The highest BCUT2D eigenvalue weighted by Crippen LogP contribution is 2.30. The summed E-state index contributed by atoms with van der Waals surface area (Å²) in [7, 11) is 0. The number of benzene rings is 1. The molecule has 2 aromatic heterocycles. The molecule has 0 N–H and O–H groups in total. The smallest absolute Gasteiger partial charge is 0.163 e. The zero-order valence-electron chi connectivity index (χ0n) is 10.1. The molecular weight excluding hydrogens is 281 g/mol. The van der Waals surface area contributed by atoms with Crippen LogP contribution in [0.1, 0.15) is 5.69 Å².